The highest BCUT2D eigenvalue weighted by atomic mass is 32.1. The van der Waals surface area contributed by atoms with Gasteiger partial charge >= 0.3 is 5.97 Å². The predicted octanol–water partition coefficient (Wildman–Crippen LogP) is 3.05. The van der Waals surface area contributed by atoms with E-state index in [0.717, 1.165) is 17.0 Å². The number of carbonyl (C=O) groups excluding carboxylic acids is 1. The zero-order valence-electron chi connectivity index (χ0n) is 9.61. The van der Waals surface area contributed by atoms with E-state index in [2.05, 4.69) is 9.97 Å². The summed E-state index contributed by atoms with van der Waals surface area (Å²) in [5, 5.41) is 0. The Morgan fingerprint density at radius 1 is 1.44 bits per heavy atom. The van der Waals surface area contributed by atoms with Crippen LogP contribution in [-0.2, 0) is 4.74 Å². The smallest absolute Gasteiger partial charge is 0.347 e. The molecule has 1 aliphatic heterocycles. The van der Waals surface area contributed by atoms with Crippen LogP contribution in [0, 0.1) is 11.6 Å². The molecule has 0 unspecified atom stereocenters. The van der Waals surface area contributed by atoms with Crippen molar-refractivity contribution in [2.24, 2.45) is 0 Å². The molecule has 0 saturated carbocycles. The van der Waals surface area contributed by atoms with Crippen LogP contribution in [0.1, 0.15) is 27.3 Å². The molecule has 4 nitrogen and oxygen atoms in total. The molecule has 0 spiro atoms. The van der Waals surface area contributed by atoms with Crippen molar-refractivity contribution in [3.8, 4) is 0 Å². The Morgan fingerprint density at radius 2 is 2.28 bits per heavy atom. The lowest BCUT2D eigenvalue weighted by atomic mass is 10.1. The van der Waals surface area contributed by atoms with Crippen LogP contribution >= 0.6 is 12.2 Å². The summed E-state index contributed by atoms with van der Waals surface area (Å²) in [4.78, 5) is 17.8. The van der Waals surface area contributed by atoms with Crippen LogP contribution in [0.3, 0.4) is 0 Å². The van der Waals surface area contributed by atoms with E-state index in [1.54, 1.807) is 6.08 Å². The van der Waals surface area contributed by atoms with Gasteiger partial charge in [-0.25, -0.2) is 4.79 Å². The van der Waals surface area contributed by atoms with Gasteiger partial charge in [-0.05, 0) is 25.1 Å². The van der Waals surface area contributed by atoms with Gasteiger partial charge in [0, 0.05) is 29.2 Å². The van der Waals surface area contributed by atoms with Gasteiger partial charge in [0.05, 0.1) is 0 Å². The number of ether oxygens (including phenoxy) is 1. The summed E-state index contributed by atoms with van der Waals surface area (Å²) >= 11 is 5.15. The highest BCUT2D eigenvalue weighted by Crippen LogP contribution is 2.31. The Bertz CT molecular complexity index is 711. The quantitative estimate of drug-likeness (QED) is 0.610. The van der Waals surface area contributed by atoms with Gasteiger partial charge in [0.25, 0.3) is 0 Å². The Kier molecular flexibility index (Phi) is 2.41. The maximum absolute atomic E-state index is 11.8. The van der Waals surface area contributed by atoms with Gasteiger partial charge in [0.2, 0.25) is 0 Å². The van der Waals surface area contributed by atoms with Crippen LogP contribution in [0.15, 0.2) is 24.4 Å². The minimum Gasteiger partial charge on any atom is -0.422 e. The first-order valence-corrected chi connectivity index (χ1v) is 5.87. The molecule has 5 heteroatoms. The zero-order chi connectivity index (χ0) is 12.7. The number of carbonyl (C=O) groups is 1. The van der Waals surface area contributed by atoms with Crippen molar-refractivity contribution in [3.05, 3.63) is 51.6 Å². The summed E-state index contributed by atoms with van der Waals surface area (Å²) in [5.41, 5.74) is 2.96. The molecule has 0 radical (unpaired) electrons. The molecule has 0 aromatic carbocycles. The molecule has 90 valence electrons. The van der Waals surface area contributed by atoms with Gasteiger partial charge < -0.3 is 14.7 Å². The van der Waals surface area contributed by atoms with Gasteiger partial charge in [-0.2, -0.15) is 0 Å². The Labute approximate surface area is 108 Å². The maximum atomic E-state index is 11.8. The zero-order valence-corrected chi connectivity index (χ0v) is 10.4. The average molecular weight is 258 g/mol. The van der Waals surface area contributed by atoms with Crippen LogP contribution in [0.5, 0.6) is 0 Å². The molecule has 3 heterocycles. The van der Waals surface area contributed by atoms with Gasteiger partial charge in [-0.3, -0.25) is 0 Å². The van der Waals surface area contributed by atoms with Crippen LogP contribution < -0.4 is 0 Å². The molecular weight excluding hydrogens is 248 g/mol. The van der Waals surface area contributed by atoms with E-state index < -0.39 is 5.97 Å². The van der Waals surface area contributed by atoms with Crippen LogP contribution in [0.2, 0.25) is 0 Å². The second kappa shape index (κ2) is 3.96. The molecule has 18 heavy (non-hydrogen) atoms. The highest BCUT2D eigenvalue weighted by Gasteiger charge is 2.28. The molecular formula is C13H10N2O2S. The number of esters is 1. The Hall–Kier alpha value is -2.14. The number of nitrogens with one attached hydrogen (secondary N) is 2. The van der Waals surface area contributed by atoms with Gasteiger partial charge in [-0.1, -0.05) is 12.2 Å². The van der Waals surface area contributed by atoms with E-state index in [-0.39, 0.29) is 0 Å². The lowest BCUT2D eigenvalue weighted by Gasteiger charge is -1.99. The molecule has 0 atom stereocenters. The van der Waals surface area contributed by atoms with Crippen molar-refractivity contribution in [1.29, 1.82) is 0 Å². The molecule has 2 aromatic heterocycles. The predicted molar refractivity (Wildman–Crippen MR) is 70.4 cm³/mol. The third-order valence-corrected chi connectivity index (χ3v) is 3.05. The SMILES string of the molecule is Cc1cc2c(c(=S)[nH]1)C(=O)O/C2=C\c1ccc[nH]1. The van der Waals surface area contributed by atoms with Crippen molar-refractivity contribution < 1.29 is 9.53 Å². The molecule has 2 aromatic rings. The minimum absolute atomic E-state index is 0.399. The number of aromatic amines is 2. The fourth-order valence-corrected chi connectivity index (χ4v) is 2.33. The van der Waals surface area contributed by atoms with Crippen molar-refractivity contribution in [1.82, 2.24) is 9.97 Å². The molecule has 1 aliphatic rings. The third-order valence-electron chi connectivity index (χ3n) is 2.75. The molecule has 0 amide bonds. The number of fused-ring (bicyclic) bond motifs is 1. The maximum Gasteiger partial charge on any atom is 0.347 e. The molecule has 0 bridgehead atoms. The number of pyridine rings is 1. The topological polar surface area (TPSA) is 57.9 Å². The first-order valence-electron chi connectivity index (χ1n) is 5.47. The first-order chi connectivity index (χ1) is 8.65. The van der Waals surface area contributed by atoms with Crippen LogP contribution in [0.25, 0.3) is 11.8 Å². The molecule has 0 fully saturated rings. The van der Waals surface area contributed by atoms with Gasteiger partial charge in [0.1, 0.15) is 16.0 Å². The van der Waals surface area contributed by atoms with E-state index in [4.69, 9.17) is 17.0 Å². The van der Waals surface area contributed by atoms with E-state index in [0.29, 0.717) is 16.0 Å². The second-order valence-electron chi connectivity index (χ2n) is 4.09. The lowest BCUT2D eigenvalue weighted by Crippen LogP contribution is -1.97. The summed E-state index contributed by atoms with van der Waals surface area (Å²) in [7, 11) is 0. The highest BCUT2D eigenvalue weighted by molar-refractivity contribution is 7.71. The van der Waals surface area contributed by atoms with E-state index >= 15 is 0 Å². The third kappa shape index (κ3) is 1.69. The second-order valence-corrected chi connectivity index (χ2v) is 4.50. The molecule has 2 N–H and O–H groups in total. The molecule has 3 rings (SSSR count). The number of H-pyrrole nitrogens is 2. The Morgan fingerprint density at radius 3 is 3.00 bits per heavy atom. The lowest BCUT2D eigenvalue weighted by molar-refractivity contribution is 0.0716. The van der Waals surface area contributed by atoms with Crippen molar-refractivity contribution >= 4 is 30.0 Å². The fourth-order valence-electron chi connectivity index (χ4n) is 1.97. The van der Waals surface area contributed by atoms with Crippen LogP contribution in [-0.4, -0.2) is 15.9 Å². The largest absolute Gasteiger partial charge is 0.422 e. The summed E-state index contributed by atoms with van der Waals surface area (Å²) in [5.74, 6) is 0.129. The summed E-state index contributed by atoms with van der Waals surface area (Å²) in [6.45, 7) is 1.89. The number of hydrogen-bond acceptors (Lipinski definition) is 3. The van der Waals surface area contributed by atoms with Gasteiger partial charge in [-0.15, -0.1) is 0 Å². The Balaban J connectivity index is 2.20. The normalized spacial score (nSPS) is 15.8. The number of cyclic esters (lactones) is 1. The average Bonchev–Trinajstić information content (AvgIpc) is 2.88. The van der Waals surface area contributed by atoms with E-state index in [9.17, 15) is 4.79 Å². The fraction of sp³-hybridized carbons (Fsp3) is 0.0769. The van der Waals surface area contributed by atoms with Crippen LogP contribution in [0.4, 0.5) is 0 Å². The first kappa shape index (κ1) is 11.0. The number of aromatic nitrogens is 2. The van der Waals surface area contributed by atoms with Crippen molar-refractivity contribution in [3.63, 3.8) is 0 Å². The minimum atomic E-state index is -0.399. The number of hydrogen-bond donors (Lipinski definition) is 2. The summed E-state index contributed by atoms with van der Waals surface area (Å²) in [6.07, 6.45) is 3.60. The van der Waals surface area contributed by atoms with E-state index in [1.165, 1.54) is 0 Å². The molecule has 0 saturated heterocycles. The van der Waals surface area contributed by atoms with Crippen molar-refractivity contribution in [2.75, 3.05) is 0 Å². The summed E-state index contributed by atoms with van der Waals surface area (Å²) in [6, 6.07) is 5.65. The standard InChI is InChI=1S/C13H10N2O2S/c1-7-5-9-10(6-8-3-2-4-14-8)17-13(16)11(9)12(18)15-7/h2-6,14H,1H3,(H,15,18)/b10-6-. The molecule has 0 aliphatic carbocycles. The van der Waals surface area contributed by atoms with Gasteiger partial charge in [0.15, 0.2) is 0 Å². The number of aryl methyl sites for hydroxylation is 1. The number of rotatable bonds is 1. The van der Waals surface area contributed by atoms with Crippen molar-refractivity contribution in [2.45, 2.75) is 6.92 Å². The monoisotopic (exact) mass is 258 g/mol. The van der Waals surface area contributed by atoms with E-state index in [1.807, 2.05) is 31.3 Å². The summed E-state index contributed by atoms with van der Waals surface area (Å²) < 4.78 is 5.68.